The molecule has 2 heterocycles. The van der Waals surface area contributed by atoms with Gasteiger partial charge in [0, 0.05) is 16.9 Å². The van der Waals surface area contributed by atoms with Gasteiger partial charge in [-0.15, -0.1) is 11.3 Å². The van der Waals surface area contributed by atoms with Crippen LogP contribution in [-0.2, 0) is 16.4 Å². The minimum absolute atomic E-state index is 0.0691. The van der Waals surface area contributed by atoms with E-state index in [0.29, 0.717) is 41.8 Å². The van der Waals surface area contributed by atoms with E-state index in [-0.39, 0.29) is 10.8 Å². The number of nitrogens with two attached hydrogens (primary N) is 1. The van der Waals surface area contributed by atoms with Crippen molar-refractivity contribution < 1.29 is 22.7 Å². The molecule has 1 aliphatic heterocycles. The van der Waals surface area contributed by atoms with Gasteiger partial charge < -0.3 is 9.47 Å². The number of carbonyl (C=O) groups is 1. The van der Waals surface area contributed by atoms with Gasteiger partial charge in [0.2, 0.25) is 10.0 Å². The lowest BCUT2D eigenvalue weighted by Gasteiger charge is -2.18. The van der Waals surface area contributed by atoms with Crippen LogP contribution in [0.5, 0.6) is 11.5 Å². The number of primary sulfonamides is 1. The average Bonchev–Trinajstić information content (AvgIpc) is 3.06. The van der Waals surface area contributed by atoms with E-state index in [1.165, 1.54) is 23.5 Å². The Balaban J connectivity index is 1.47. The Labute approximate surface area is 177 Å². The van der Waals surface area contributed by atoms with E-state index < -0.39 is 10.0 Å². The van der Waals surface area contributed by atoms with Gasteiger partial charge in [-0.25, -0.2) is 18.5 Å². The van der Waals surface area contributed by atoms with Gasteiger partial charge in [0.05, 0.1) is 10.6 Å². The second-order valence-electron chi connectivity index (χ2n) is 6.71. The minimum atomic E-state index is -3.72. The van der Waals surface area contributed by atoms with Crippen molar-refractivity contribution in [3.8, 4) is 11.5 Å². The summed E-state index contributed by atoms with van der Waals surface area (Å²) < 4.78 is 33.7. The molecule has 0 fully saturated rings. The third-order valence-electron chi connectivity index (χ3n) is 4.53. The van der Waals surface area contributed by atoms with Crippen LogP contribution in [0, 0.1) is 6.92 Å². The molecule has 2 aromatic carbocycles. The third-order valence-corrected chi connectivity index (χ3v) is 6.54. The lowest BCUT2D eigenvalue weighted by atomic mass is 10.1. The number of rotatable bonds is 5. The summed E-state index contributed by atoms with van der Waals surface area (Å²) in [4.78, 5) is 18.1. The summed E-state index contributed by atoms with van der Waals surface area (Å²) in [5, 5.41) is 8.43. The van der Waals surface area contributed by atoms with Gasteiger partial charge in [-0.1, -0.05) is 12.1 Å². The molecule has 1 amide bonds. The molecule has 0 saturated heterocycles. The van der Waals surface area contributed by atoms with E-state index in [0.717, 1.165) is 16.1 Å². The first-order valence-electron chi connectivity index (χ1n) is 9.08. The lowest BCUT2D eigenvalue weighted by Crippen LogP contribution is -2.17. The Kier molecular flexibility index (Phi) is 5.46. The van der Waals surface area contributed by atoms with Crippen LogP contribution >= 0.6 is 11.3 Å². The van der Waals surface area contributed by atoms with Crippen LogP contribution in [0.15, 0.2) is 47.4 Å². The normalized spacial score (nSPS) is 13.1. The molecule has 4 rings (SSSR count). The highest BCUT2D eigenvalue weighted by Crippen LogP contribution is 2.31. The van der Waals surface area contributed by atoms with Gasteiger partial charge in [0.15, 0.2) is 16.6 Å². The number of amides is 1. The number of benzene rings is 2. The fourth-order valence-electron chi connectivity index (χ4n) is 2.98. The van der Waals surface area contributed by atoms with E-state index >= 15 is 0 Å². The monoisotopic (exact) mass is 445 g/mol. The molecule has 10 heteroatoms. The number of anilines is 1. The molecule has 0 saturated carbocycles. The highest BCUT2D eigenvalue weighted by Gasteiger charge is 2.17. The van der Waals surface area contributed by atoms with Crippen molar-refractivity contribution in [1.82, 2.24) is 4.98 Å². The van der Waals surface area contributed by atoms with Crippen LogP contribution in [0.2, 0.25) is 0 Å². The number of hydrogen-bond donors (Lipinski definition) is 2. The predicted molar refractivity (Wildman–Crippen MR) is 113 cm³/mol. The van der Waals surface area contributed by atoms with Crippen molar-refractivity contribution in [2.75, 3.05) is 18.5 Å². The molecule has 0 spiro atoms. The van der Waals surface area contributed by atoms with Crippen molar-refractivity contribution >= 4 is 32.4 Å². The highest BCUT2D eigenvalue weighted by atomic mass is 32.2. The predicted octanol–water partition coefficient (Wildman–Crippen LogP) is 2.71. The maximum absolute atomic E-state index is 12.6. The average molecular weight is 446 g/mol. The molecule has 0 atom stereocenters. The van der Waals surface area contributed by atoms with Crippen molar-refractivity contribution in [3.63, 3.8) is 0 Å². The summed E-state index contributed by atoms with van der Waals surface area (Å²) in [6.45, 7) is 2.81. The van der Waals surface area contributed by atoms with Crippen LogP contribution in [0.1, 0.15) is 26.5 Å². The van der Waals surface area contributed by atoms with Crippen LogP contribution in [0.4, 0.5) is 5.13 Å². The van der Waals surface area contributed by atoms with Gasteiger partial charge in [-0.05, 0) is 42.8 Å². The van der Waals surface area contributed by atoms with Gasteiger partial charge in [0.25, 0.3) is 5.91 Å². The topological polar surface area (TPSA) is 121 Å². The van der Waals surface area contributed by atoms with E-state index in [2.05, 4.69) is 10.3 Å². The summed E-state index contributed by atoms with van der Waals surface area (Å²) in [6.07, 6.45) is 0.564. The van der Waals surface area contributed by atoms with Crippen molar-refractivity contribution in [3.05, 3.63) is 64.2 Å². The zero-order valence-electron chi connectivity index (χ0n) is 16.0. The fraction of sp³-hybridized carbons (Fsp3) is 0.200. The molecule has 3 aromatic rings. The number of aromatic nitrogens is 1. The first-order valence-corrected chi connectivity index (χ1v) is 11.4. The number of carbonyl (C=O) groups excluding carboxylic acids is 1. The molecule has 1 aliphatic rings. The zero-order valence-corrected chi connectivity index (χ0v) is 17.7. The molecule has 0 radical (unpaired) electrons. The number of thiazole rings is 1. The van der Waals surface area contributed by atoms with Crippen LogP contribution in [0.25, 0.3) is 0 Å². The van der Waals surface area contributed by atoms with Crippen LogP contribution in [-0.4, -0.2) is 32.5 Å². The minimum Gasteiger partial charge on any atom is -0.486 e. The second-order valence-corrected chi connectivity index (χ2v) is 9.35. The lowest BCUT2D eigenvalue weighted by molar-refractivity contribution is 0.102. The molecule has 8 nitrogen and oxygen atoms in total. The Morgan fingerprint density at radius 2 is 1.83 bits per heavy atom. The number of hydrogen-bond acceptors (Lipinski definition) is 7. The van der Waals surface area contributed by atoms with E-state index in [1.54, 1.807) is 30.3 Å². The summed E-state index contributed by atoms with van der Waals surface area (Å²) in [7, 11) is -3.72. The quantitative estimate of drug-likeness (QED) is 0.623. The Morgan fingerprint density at radius 1 is 1.13 bits per heavy atom. The standard InChI is InChI=1S/C20H19N3O5S2/c1-12-18(10-13-2-5-15(6-3-13)30(21,25)26)29-20(22-12)23-19(24)14-4-7-16-17(11-14)28-9-8-27-16/h2-7,11H,8-10H2,1H3,(H2,21,25,26)(H,22,23,24). The molecule has 3 N–H and O–H groups in total. The second kappa shape index (κ2) is 8.05. The van der Waals surface area contributed by atoms with E-state index in [4.69, 9.17) is 14.6 Å². The molecule has 0 unspecified atom stereocenters. The van der Waals surface area contributed by atoms with Gasteiger partial charge in [0.1, 0.15) is 13.2 Å². The van der Waals surface area contributed by atoms with Crippen molar-refractivity contribution in [1.29, 1.82) is 0 Å². The van der Waals surface area contributed by atoms with Crippen LogP contribution in [0.3, 0.4) is 0 Å². The summed E-state index contributed by atoms with van der Waals surface area (Å²) in [5.41, 5.74) is 2.17. The zero-order chi connectivity index (χ0) is 21.3. The van der Waals surface area contributed by atoms with Crippen LogP contribution < -0.4 is 19.9 Å². The molecule has 0 bridgehead atoms. The molecule has 30 heavy (non-hydrogen) atoms. The Hall–Kier alpha value is -2.95. The molecule has 1 aromatic heterocycles. The molecule has 0 aliphatic carbocycles. The molecular formula is C20H19N3O5S2. The highest BCUT2D eigenvalue weighted by molar-refractivity contribution is 7.89. The number of aryl methyl sites for hydroxylation is 1. The summed E-state index contributed by atoms with van der Waals surface area (Å²) in [5.74, 6) is 0.885. The first kappa shape index (κ1) is 20.3. The van der Waals surface area contributed by atoms with Crippen molar-refractivity contribution in [2.24, 2.45) is 5.14 Å². The number of nitrogens with zero attached hydrogens (tertiary/aromatic N) is 1. The largest absolute Gasteiger partial charge is 0.486 e. The summed E-state index contributed by atoms with van der Waals surface area (Å²) in [6, 6.07) is 11.4. The van der Waals surface area contributed by atoms with Gasteiger partial charge >= 0.3 is 0 Å². The van der Waals surface area contributed by atoms with E-state index in [9.17, 15) is 13.2 Å². The third kappa shape index (κ3) is 4.45. The number of fused-ring (bicyclic) bond motifs is 1. The number of sulfonamides is 1. The van der Waals surface area contributed by atoms with Gasteiger partial charge in [-0.3, -0.25) is 10.1 Å². The molecular weight excluding hydrogens is 426 g/mol. The number of nitrogens with one attached hydrogen (secondary N) is 1. The van der Waals surface area contributed by atoms with Gasteiger partial charge in [-0.2, -0.15) is 0 Å². The summed E-state index contributed by atoms with van der Waals surface area (Å²) >= 11 is 1.37. The number of ether oxygens (including phenoxy) is 2. The first-order chi connectivity index (χ1) is 14.3. The molecule has 156 valence electrons. The van der Waals surface area contributed by atoms with E-state index in [1.807, 2.05) is 6.92 Å². The SMILES string of the molecule is Cc1nc(NC(=O)c2ccc3c(c2)OCCO3)sc1Cc1ccc(S(N)(=O)=O)cc1. The van der Waals surface area contributed by atoms with Crippen molar-refractivity contribution in [2.45, 2.75) is 18.2 Å². The fourth-order valence-corrected chi connectivity index (χ4v) is 4.49. The Bertz CT molecular complexity index is 1200. The smallest absolute Gasteiger partial charge is 0.257 e. The Morgan fingerprint density at radius 3 is 2.53 bits per heavy atom. The maximum atomic E-state index is 12.6. The maximum Gasteiger partial charge on any atom is 0.257 e.